The molecule has 1 atom stereocenters. The Labute approximate surface area is 206 Å². The molecule has 0 bridgehead atoms. The SMILES string of the molecule is COC(=O)C1=C(C)N=c2s/c(=C/c3ccc(C(C)C)cc3)c(=O)n2C1c1ccc(OC(C)=O)cc1. The number of hydrogen-bond donors (Lipinski definition) is 0. The molecule has 2 heterocycles. The lowest BCUT2D eigenvalue weighted by atomic mass is 9.96. The van der Waals surface area contributed by atoms with Gasteiger partial charge in [0, 0.05) is 6.92 Å². The molecule has 0 spiro atoms. The van der Waals surface area contributed by atoms with Crippen LogP contribution >= 0.6 is 11.3 Å². The first-order chi connectivity index (χ1) is 16.7. The number of carbonyl (C=O) groups excluding carboxylic acids is 2. The number of nitrogens with zero attached hydrogens (tertiary/aromatic N) is 2. The van der Waals surface area contributed by atoms with Gasteiger partial charge >= 0.3 is 11.9 Å². The van der Waals surface area contributed by atoms with Crippen molar-refractivity contribution in [2.45, 2.75) is 39.7 Å². The van der Waals surface area contributed by atoms with Crippen LogP contribution in [0.25, 0.3) is 6.08 Å². The van der Waals surface area contributed by atoms with Gasteiger partial charge in [-0.2, -0.15) is 0 Å². The quantitative estimate of drug-likeness (QED) is 0.404. The van der Waals surface area contributed by atoms with Crippen molar-refractivity contribution in [3.05, 3.63) is 96.2 Å². The van der Waals surface area contributed by atoms with Gasteiger partial charge in [0.25, 0.3) is 5.56 Å². The number of rotatable bonds is 5. The average Bonchev–Trinajstić information content (AvgIpc) is 3.12. The molecule has 7 nitrogen and oxygen atoms in total. The Balaban J connectivity index is 1.86. The van der Waals surface area contributed by atoms with E-state index in [-0.39, 0.29) is 11.1 Å². The summed E-state index contributed by atoms with van der Waals surface area (Å²) in [5.74, 6) is -0.197. The topological polar surface area (TPSA) is 87.0 Å². The van der Waals surface area contributed by atoms with E-state index in [0.29, 0.717) is 32.3 Å². The van der Waals surface area contributed by atoms with Crippen LogP contribution in [0, 0.1) is 0 Å². The van der Waals surface area contributed by atoms with E-state index in [2.05, 4.69) is 31.0 Å². The van der Waals surface area contributed by atoms with Crippen molar-refractivity contribution < 1.29 is 19.1 Å². The summed E-state index contributed by atoms with van der Waals surface area (Å²) in [6.45, 7) is 7.32. The van der Waals surface area contributed by atoms with Crippen LogP contribution in [0.2, 0.25) is 0 Å². The van der Waals surface area contributed by atoms with Crippen LogP contribution in [-0.2, 0) is 14.3 Å². The highest BCUT2D eigenvalue weighted by molar-refractivity contribution is 7.07. The first-order valence-electron chi connectivity index (χ1n) is 11.2. The normalized spacial score (nSPS) is 15.6. The number of esters is 2. The van der Waals surface area contributed by atoms with E-state index in [4.69, 9.17) is 9.47 Å². The minimum Gasteiger partial charge on any atom is -0.466 e. The average molecular weight is 491 g/mol. The number of ether oxygens (including phenoxy) is 2. The number of aromatic nitrogens is 1. The molecule has 3 aromatic rings. The zero-order valence-corrected chi connectivity index (χ0v) is 21.0. The monoisotopic (exact) mass is 490 g/mol. The fourth-order valence-electron chi connectivity index (χ4n) is 4.02. The molecule has 0 N–H and O–H groups in total. The Hall–Kier alpha value is -3.78. The van der Waals surface area contributed by atoms with E-state index >= 15 is 0 Å². The molecule has 1 aliphatic heterocycles. The molecule has 0 aliphatic carbocycles. The van der Waals surface area contributed by atoms with E-state index in [1.54, 1.807) is 31.2 Å². The van der Waals surface area contributed by atoms with Gasteiger partial charge in [-0.25, -0.2) is 9.79 Å². The molecule has 1 aliphatic rings. The predicted molar refractivity (Wildman–Crippen MR) is 134 cm³/mol. The molecule has 1 unspecified atom stereocenters. The van der Waals surface area contributed by atoms with Crippen molar-refractivity contribution >= 4 is 29.4 Å². The highest BCUT2D eigenvalue weighted by atomic mass is 32.1. The van der Waals surface area contributed by atoms with Gasteiger partial charge in [-0.05, 0) is 47.7 Å². The summed E-state index contributed by atoms with van der Waals surface area (Å²) >= 11 is 1.27. The molecule has 0 amide bonds. The van der Waals surface area contributed by atoms with Gasteiger partial charge in [-0.3, -0.25) is 14.2 Å². The maximum Gasteiger partial charge on any atom is 0.338 e. The second-order valence-electron chi connectivity index (χ2n) is 8.56. The van der Waals surface area contributed by atoms with Crippen molar-refractivity contribution in [3.8, 4) is 5.75 Å². The second-order valence-corrected chi connectivity index (χ2v) is 9.57. The number of hydrogen-bond acceptors (Lipinski definition) is 7. The van der Waals surface area contributed by atoms with Crippen molar-refractivity contribution in [1.29, 1.82) is 0 Å². The summed E-state index contributed by atoms with van der Waals surface area (Å²) < 4.78 is 12.2. The Morgan fingerprint density at radius 3 is 2.31 bits per heavy atom. The summed E-state index contributed by atoms with van der Waals surface area (Å²) in [5.41, 5.74) is 3.33. The maximum atomic E-state index is 13.6. The first kappa shape index (κ1) is 24.3. The lowest BCUT2D eigenvalue weighted by molar-refractivity contribution is -0.136. The van der Waals surface area contributed by atoms with E-state index in [1.165, 1.54) is 35.5 Å². The molecule has 8 heteroatoms. The van der Waals surface area contributed by atoms with Crippen LogP contribution in [0.3, 0.4) is 0 Å². The largest absolute Gasteiger partial charge is 0.466 e. The number of carbonyl (C=O) groups is 2. The molecule has 180 valence electrons. The molecule has 1 aromatic heterocycles. The van der Waals surface area contributed by atoms with Gasteiger partial charge in [0.1, 0.15) is 5.75 Å². The van der Waals surface area contributed by atoms with Gasteiger partial charge < -0.3 is 9.47 Å². The molecule has 0 radical (unpaired) electrons. The summed E-state index contributed by atoms with van der Waals surface area (Å²) in [6.07, 6.45) is 1.84. The zero-order chi connectivity index (χ0) is 25.3. The summed E-state index contributed by atoms with van der Waals surface area (Å²) in [4.78, 5) is 42.7. The molecule has 35 heavy (non-hydrogen) atoms. The zero-order valence-electron chi connectivity index (χ0n) is 20.2. The van der Waals surface area contributed by atoms with Crippen LogP contribution < -0.4 is 19.6 Å². The number of methoxy groups -OCH3 is 1. The number of thiazole rings is 1. The van der Waals surface area contributed by atoms with Crippen molar-refractivity contribution in [2.75, 3.05) is 7.11 Å². The van der Waals surface area contributed by atoms with Crippen LogP contribution in [-0.4, -0.2) is 23.6 Å². The van der Waals surface area contributed by atoms with Gasteiger partial charge in [0.05, 0.1) is 29.0 Å². The minimum atomic E-state index is -0.726. The fourth-order valence-corrected chi connectivity index (χ4v) is 5.07. The molecule has 0 saturated heterocycles. The van der Waals surface area contributed by atoms with Gasteiger partial charge in [0.15, 0.2) is 4.80 Å². The van der Waals surface area contributed by atoms with E-state index < -0.39 is 18.0 Å². The molecular formula is C27H26N2O5S. The molecular weight excluding hydrogens is 464 g/mol. The Morgan fingerprint density at radius 1 is 1.09 bits per heavy atom. The van der Waals surface area contributed by atoms with E-state index in [9.17, 15) is 14.4 Å². The number of allylic oxidation sites excluding steroid dienone is 1. The van der Waals surface area contributed by atoms with Gasteiger partial charge in [-0.1, -0.05) is 61.6 Å². The van der Waals surface area contributed by atoms with Crippen LogP contribution in [0.4, 0.5) is 0 Å². The molecule has 0 saturated carbocycles. The van der Waals surface area contributed by atoms with Crippen molar-refractivity contribution in [1.82, 2.24) is 4.57 Å². The Bertz CT molecular complexity index is 1490. The van der Waals surface area contributed by atoms with Crippen molar-refractivity contribution in [3.63, 3.8) is 0 Å². The third kappa shape index (κ3) is 4.88. The van der Waals surface area contributed by atoms with E-state index in [1.807, 2.05) is 18.2 Å². The standard InChI is InChI=1S/C27H26N2O5S/c1-15(2)19-8-6-18(7-9-19)14-22-25(31)29-24(20-10-12-21(13-11-20)34-17(4)30)23(26(32)33-5)16(3)28-27(29)35-22/h6-15,24H,1-5H3/b22-14+. The lowest BCUT2D eigenvalue weighted by Crippen LogP contribution is -2.39. The third-order valence-corrected chi connectivity index (χ3v) is 6.77. The third-order valence-electron chi connectivity index (χ3n) is 5.79. The summed E-state index contributed by atoms with van der Waals surface area (Å²) in [6, 6.07) is 14.1. The Morgan fingerprint density at radius 2 is 1.74 bits per heavy atom. The number of benzene rings is 2. The van der Waals surface area contributed by atoms with Crippen LogP contribution in [0.5, 0.6) is 5.75 Å². The summed E-state index contributed by atoms with van der Waals surface area (Å²) in [7, 11) is 1.30. The van der Waals surface area contributed by atoms with Crippen molar-refractivity contribution in [2.24, 2.45) is 4.99 Å². The second kappa shape index (κ2) is 9.84. The summed E-state index contributed by atoms with van der Waals surface area (Å²) in [5, 5.41) is 0. The van der Waals surface area contributed by atoms with Gasteiger partial charge in [-0.15, -0.1) is 0 Å². The maximum absolute atomic E-state index is 13.6. The van der Waals surface area contributed by atoms with E-state index in [0.717, 1.165) is 5.56 Å². The van der Waals surface area contributed by atoms with Crippen LogP contribution in [0.15, 0.2) is 69.6 Å². The number of fused-ring (bicyclic) bond motifs is 1. The highest BCUT2D eigenvalue weighted by Gasteiger charge is 2.33. The Kier molecular flexibility index (Phi) is 6.84. The molecule has 4 rings (SSSR count). The minimum absolute atomic E-state index is 0.246. The fraction of sp³-hybridized carbons (Fsp3) is 0.259. The van der Waals surface area contributed by atoms with Gasteiger partial charge in [0.2, 0.25) is 0 Å². The molecule has 2 aromatic carbocycles. The predicted octanol–water partition coefficient (Wildman–Crippen LogP) is 3.46. The highest BCUT2D eigenvalue weighted by Crippen LogP contribution is 2.31. The smallest absolute Gasteiger partial charge is 0.338 e. The van der Waals surface area contributed by atoms with Crippen LogP contribution in [0.1, 0.15) is 56.3 Å². The first-order valence-corrected chi connectivity index (χ1v) is 12.0. The molecule has 0 fully saturated rings. The lowest BCUT2D eigenvalue weighted by Gasteiger charge is -2.24.